The van der Waals surface area contributed by atoms with Gasteiger partial charge >= 0.3 is 0 Å². The van der Waals surface area contributed by atoms with E-state index in [2.05, 4.69) is 6.07 Å². The van der Waals surface area contributed by atoms with E-state index in [0.717, 1.165) is 21.3 Å². The minimum absolute atomic E-state index is 0.115. The molecule has 0 saturated carbocycles. The summed E-state index contributed by atoms with van der Waals surface area (Å²) in [5, 5.41) is 0.599. The molecule has 0 N–H and O–H groups in total. The lowest BCUT2D eigenvalue weighted by Crippen LogP contribution is -2.37. The van der Waals surface area contributed by atoms with Crippen LogP contribution in [0.5, 0.6) is 5.75 Å². The molecule has 0 saturated heterocycles. The molecular weight excluding hydrogens is 446 g/mol. The molecule has 0 radical (unpaired) electrons. The second-order valence-electron chi connectivity index (χ2n) is 8.02. The Morgan fingerprint density at radius 2 is 1.78 bits per heavy atom. The number of aryl methyl sites for hydroxylation is 2. The first-order valence-electron chi connectivity index (χ1n) is 10.3. The Morgan fingerprint density at radius 3 is 2.41 bits per heavy atom. The van der Waals surface area contributed by atoms with Gasteiger partial charge < -0.3 is 9.64 Å². The molecule has 0 aliphatic rings. The van der Waals surface area contributed by atoms with Gasteiger partial charge in [0.05, 0.1) is 28.0 Å². The summed E-state index contributed by atoms with van der Waals surface area (Å²) in [5.41, 5.74) is 3.09. The van der Waals surface area contributed by atoms with E-state index in [-0.39, 0.29) is 23.0 Å². The SMILES string of the molecule is COc1ccc(S(=O)(=O)CCC(=O)N(CCN(C)C)c2nc3cc(C)cc(C)c3s2)cc1. The number of amides is 1. The topological polar surface area (TPSA) is 79.8 Å². The third-order valence-electron chi connectivity index (χ3n) is 5.11. The number of anilines is 1. The van der Waals surface area contributed by atoms with Gasteiger partial charge in [0.15, 0.2) is 15.0 Å². The van der Waals surface area contributed by atoms with Gasteiger partial charge in [0.2, 0.25) is 5.91 Å². The first-order valence-corrected chi connectivity index (χ1v) is 12.8. The van der Waals surface area contributed by atoms with Crippen molar-refractivity contribution in [1.29, 1.82) is 0 Å². The highest BCUT2D eigenvalue weighted by molar-refractivity contribution is 7.91. The summed E-state index contributed by atoms with van der Waals surface area (Å²) in [6.45, 7) is 5.13. The molecule has 0 spiro atoms. The van der Waals surface area contributed by atoms with Gasteiger partial charge in [-0.15, -0.1) is 0 Å². The van der Waals surface area contributed by atoms with E-state index in [1.807, 2.05) is 38.9 Å². The van der Waals surface area contributed by atoms with Gasteiger partial charge in [-0.25, -0.2) is 13.4 Å². The Balaban J connectivity index is 1.82. The van der Waals surface area contributed by atoms with Crippen LogP contribution in [0.1, 0.15) is 17.5 Å². The number of benzene rings is 2. The maximum Gasteiger partial charge on any atom is 0.229 e. The van der Waals surface area contributed by atoms with Gasteiger partial charge in [-0.1, -0.05) is 17.4 Å². The standard InChI is InChI=1S/C23H29N3O4S2/c1-16-14-17(2)22-20(15-16)24-23(31-22)26(12-11-25(3)4)21(27)10-13-32(28,29)19-8-6-18(30-5)7-9-19/h6-9,14-15H,10-13H2,1-5H3. The zero-order valence-electron chi connectivity index (χ0n) is 19.1. The van der Waals surface area contributed by atoms with Crippen LogP contribution in [0, 0.1) is 13.8 Å². The van der Waals surface area contributed by atoms with Crippen molar-refractivity contribution in [2.45, 2.75) is 25.2 Å². The fraction of sp³-hybridized carbons (Fsp3) is 0.391. The monoisotopic (exact) mass is 475 g/mol. The van der Waals surface area contributed by atoms with Crippen LogP contribution in [0.25, 0.3) is 10.2 Å². The predicted octanol–water partition coefficient (Wildman–Crippen LogP) is 3.68. The third-order valence-corrected chi connectivity index (χ3v) is 8.08. The Labute approximate surface area is 193 Å². The lowest BCUT2D eigenvalue weighted by Gasteiger charge is -2.22. The number of rotatable bonds is 9. The van der Waals surface area contributed by atoms with E-state index < -0.39 is 9.84 Å². The van der Waals surface area contributed by atoms with Crippen molar-refractivity contribution in [3.8, 4) is 5.75 Å². The zero-order chi connectivity index (χ0) is 23.5. The largest absolute Gasteiger partial charge is 0.497 e. The lowest BCUT2D eigenvalue weighted by molar-refractivity contribution is -0.118. The number of aromatic nitrogens is 1. The maximum absolute atomic E-state index is 13.2. The molecule has 32 heavy (non-hydrogen) atoms. The van der Waals surface area contributed by atoms with E-state index in [1.54, 1.807) is 17.0 Å². The van der Waals surface area contributed by atoms with Crippen LogP contribution in [-0.4, -0.2) is 64.3 Å². The van der Waals surface area contributed by atoms with E-state index >= 15 is 0 Å². The van der Waals surface area contributed by atoms with Crippen LogP contribution < -0.4 is 9.64 Å². The minimum Gasteiger partial charge on any atom is -0.497 e. The molecule has 0 unspecified atom stereocenters. The highest BCUT2D eigenvalue weighted by Crippen LogP contribution is 2.32. The molecule has 0 aliphatic carbocycles. The van der Waals surface area contributed by atoms with E-state index in [1.165, 1.54) is 30.6 Å². The molecule has 0 bridgehead atoms. The average molecular weight is 476 g/mol. The van der Waals surface area contributed by atoms with Crippen LogP contribution in [0.3, 0.4) is 0 Å². The summed E-state index contributed by atoms with van der Waals surface area (Å²) in [4.78, 5) is 21.6. The number of sulfone groups is 1. The van der Waals surface area contributed by atoms with Crippen molar-refractivity contribution < 1.29 is 17.9 Å². The molecule has 9 heteroatoms. The van der Waals surface area contributed by atoms with E-state index in [4.69, 9.17) is 9.72 Å². The third kappa shape index (κ3) is 5.65. The van der Waals surface area contributed by atoms with Crippen LogP contribution in [-0.2, 0) is 14.6 Å². The van der Waals surface area contributed by atoms with Crippen molar-refractivity contribution in [3.05, 3.63) is 47.5 Å². The van der Waals surface area contributed by atoms with Crippen molar-refractivity contribution >= 4 is 42.4 Å². The maximum atomic E-state index is 13.2. The molecule has 172 valence electrons. The fourth-order valence-electron chi connectivity index (χ4n) is 3.36. The van der Waals surface area contributed by atoms with Crippen molar-refractivity contribution in [2.75, 3.05) is 44.9 Å². The van der Waals surface area contributed by atoms with Crippen LogP contribution >= 0.6 is 11.3 Å². The molecule has 0 fully saturated rings. The molecule has 1 heterocycles. The number of hydrogen-bond acceptors (Lipinski definition) is 7. The smallest absolute Gasteiger partial charge is 0.229 e. The fourth-order valence-corrected chi connectivity index (χ4v) is 5.65. The summed E-state index contributed by atoms with van der Waals surface area (Å²) in [6, 6.07) is 10.3. The van der Waals surface area contributed by atoms with Crippen LogP contribution in [0.4, 0.5) is 5.13 Å². The Kier molecular flexibility index (Phi) is 7.53. The highest BCUT2D eigenvalue weighted by Gasteiger charge is 2.23. The Bertz CT molecular complexity index is 1200. The van der Waals surface area contributed by atoms with Gasteiger partial charge in [-0.2, -0.15) is 0 Å². The van der Waals surface area contributed by atoms with Gasteiger partial charge in [0.25, 0.3) is 0 Å². The lowest BCUT2D eigenvalue weighted by atomic mass is 10.1. The quantitative estimate of drug-likeness (QED) is 0.470. The number of methoxy groups -OCH3 is 1. The Hall–Kier alpha value is -2.49. The molecule has 1 amide bonds. The summed E-state index contributed by atoms with van der Waals surface area (Å²) < 4.78 is 31.6. The Morgan fingerprint density at radius 1 is 1.09 bits per heavy atom. The van der Waals surface area contributed by atoms with Gasteiger partial charge in [-0.05, 0) is 69.4 Å². The van der Waals surface area contributed by atoms with Gasteiger partial charge in [0, 0.05) is 19.5 Å². The van der Waals surface area contributed by atoms with Crippen molar-refractivity contribution in [2.24, 2.45) is 0 Å². The number of carbonyl (C=O) groups is 1. The van der Waals surface area contributed by atoms with Crippen molar-refractivity contribution in [1.82, 2.24) is 9.88 Å². The molecule has 7 nitrogen and oxygen atoms in total. The van der Waals surface area contributed by atoms with Crippen LogP contribution in [0.2, 0.25) is 0 Å². The first kappa shape index (κ1) is 24.2. The molecule has 1 aromatic heterocycles. The highest BCUT2D eigenvalue weighted by atomic mass is 32.2. The number of fused-ring (bicyclic) bond motifs is 1. The van der Waals surface area contributed by atoms with E-state index in [0.29, 0.717) is 24.0 Å². The summed E-state index contributed by atoms with van der Waals surface area (Å²) >= 11 is 1.47. The first-order chi connectivity index (χ1) is 15.1. The van der Waals surface area contributed by atoms with Crippen LogP contribution in [0.15, 0.2) is 41.3 Å². The number of likely N-dealkylation sites (N-methyl/N-ethyl adjacent to an activating group) is 1. The van der Waals surface area contributed by atoms with E-state index in [9.17, 15) is 13.2 Å². The molecule has 2 aromatic carbocycles. The molecule has 0 atom stereocenters. The van der Waals surface area contributed by atoms with Gasteiger partial charge in [0.1, 0.15) is 5.75 Å². The summed E-state index contributed by atoms with van der Waals surface area (Å²) in [5.74, 6) is 0.0632. The van der Waals surface area contributed by atoms with Crippen molar-refractivity contribution in [3.63, 3.8) is 0 Å². The second-order valence-corrected chi connectivity index (χ2v) is 11.1. The molecule has 0 aliphatic heterocycles. The normalized spacial score (nSPS) is 11.8. The number of thiazole rings is 1. The molecule has 3 aromatic rings. The second kappa shape index (κ2) is 9.97. The number of nitrogens with zero attached hydrogens (tertiary/aromatic N) is 3. The number of carbonyl (C=O) groups excluding carboxylic acids is 1. The minimum atomic E-state index is -3.59. The summed E-state index contributed by atoms with van der Waals surface area (Å²) in [7, 11) is 1.79. The number of ether oxygens (including phenoxy) is 1. The van der Waals surface area contributed by atoms with Gasteiger partial charge in [-0.3, -0.25) is 9.69 Å². The number of hydrogen-bond donors (Lipinski definition) is 0. The molecule has 3 rings (SSSR count). The average Bonchev–Trinajstić information content (AvgIpc) is 3.16. The summed E-state index contributed by atoms with van der Waals surface area (Å²) in [6.07, 6.45) is -0.115. The predicted molar refractivity (Wildman–Crippen MR) is 130 cm³/mol. The zero-order valence-corrected chi connectivity index (χ0v) is 20.7. The molecular formula is C23H29N3O4S2.